The lowest BCUT2D eigenvalue weighted by Gasteiger charge is -2.43. The van der Waals surface area contributed by atoms with Crippen molar-refractivity contribution in [2.75, 3.05) is 31.2 Å². The number of nitrogens with zero attached hydrogens (tertiary/aromatic N) is 5. The van der Waals surface area contributed by atoms with Gasteiger partial charge in [0.05, 0.1) is 36.2 Å². The number of hydrogen-bond acceptors (Lipinski definition) is 7. The van der Waals surface area contributed by atoms with Gasteiger partial charge in [-0.05, 0) is 41.8 Å². The number of nitrogens with one attached hydrogen (secondary N) is 1. The van der Waals surface area contributed by atoms with Crippen LogP contribution >= 0.6 is 0 Å². The van der Waals surface area contributed by atoms with Crippen molar-refractivity contribution in [2.24, 2.45) is 11.7 Å². The molecule has 0 aliphatic carbocycles. The molecule has 1 amide bonds. The normalized spacial score (nSPS) is 21.4. The van der Waals surface area contributed by atoms with Gasteiger partial charge < -0.3 is 20.7 Å². The Morgan fingerprint density at radius 1 is 1.15 bits per heavy atom. The largest absolute Gasteiger partial charge is 0.380 e. The maximum Gasteiger partial charge on any atom is 0.217 e. The van der Waals surface area contributed by atoms with E-state index in [1.807, 2.05) is 6.07 Å². The van der Waals surface area contributed by atoms with Gasteiger partial charge in [0.25, 0.3) is 0 Å². The lowest BCUT2D eigenvalue weighted by atomic mass is 9.89. The van der Waals surface area contributed by atoms with Crippen LogP contribution in [0.2, 0.25) is 0 Å². The Hall–Kier alpha value is -3.96. The number of nitrogens with two attached hydrogens (primary N) is 1. The third-order valence-electron chi connectivity index (χ3n) is 7.84. The zero-order valence-electron chi connectivity index (χ0n) is 22.3. The number of aromatic nitrogens is 4. The molecule has 0 saturated carbocycles. The lowest BCUT2D eigenvalue weighted by Crippen LogP contribution is -2.61. The molecule has 2 aliphatic rings. The second kappa shape index (κ2) is 10.5. The highest BCUT2D eigenvalue weighted by atomic mass is 19.1. The van der Waals surface area contributed by atoms with Gasteiger partial charge in [-0.15, -0.1) is 0 Å². The Kier molecular flexibility index (Phi) is 6.93. The lowest BCUT2D eigenvalue weighted by molar-refractivity contribution is -0.120. The molecule has 4 aromatic rings. The molecule has 208 valence electrons. The van der Waals surface area contributed by atoms with Crippen molar-refractivity contribution in [2.45, 2.75) is 38.3 Å². The maximum atomic E-state index is 15.1. The standard InChI is InChI=1S/C29H31F2N7O2/c1-16-12-37(13-24(32)29(16)35-17(2)39)26-5-6-33-10-19(26)9-27-34-11-21-3-4-25(36-38(21)27)28-22(30)7-18(8-23(28)31)20-14-40-15-20/h3-8,10-11,16,20,24,29H,9,12-15,32H2,1-2H3,(H,35,39)/t16-,24+,29-/m0/s1. The maximum absolute atomic E-state index is 15.1. The summed E-state index contributed by atoms with van der Waals surface area (Å²) in [7, 11) is 0. The average molecular weight is 548 g/mol. The van der Waals surface area contributed by atoms with Crippen LogP contribution in [-0.2, 0) is 16.0 Å². The monoisotopic (exact) mass is 547 g/mol. The average Bonchev–Trinajstić information content (AvgIpc) is 3.27. The SMILES string of the molecule is CC(=O)N[C@@H]1[C@H](N)CN(c2ccncc2Cc2ncc3ccc(-c4c(F)cc(C5COC5)cc4F)nn23)C[C@@H]1C. The number of imidazole rings is 1. The minimum Gasteiger partial charge on any atom is -0.380 e. The van der Waals surface area contributed by atoms with Gasteiger partial charge in [-0.25, -0.2) is 18.3 Å². The number of amides is 1. The minimum atomic E-state index is -0.655. The number of carbonyl (C=O) groups is 1. The zero-order chi connectivity index (χ0) is 28.0. The van der Waals surface area contributed by atoms with Crippen LogP contribution in [0.25, 0.3) is 16.8 Å². The predicted molar refractivity (Wildman–Crippen MR) is 146 cm³/mol. The number of halogens is 2. The summed E-state index contributed by atoms with van der Waals surface area (Å²) in [6, 6.07) is 7.70. The fourth-order valence-corrected chi connectivity index (χ4v) is 5.73. The number of anilines is 1. The van der Waals surface area contributed by atoms with E-state index in [1.54, 1.807) is 35.2 Å². The second-order valence-electron chi connectivity index (χ2n) is 10.8. The van der Waals surface area contributed by atoms with Crippen LogP contribution in [0.4, 0.5) is 14.5 Å². The zero-order valence-corrected chi connectivity index (χ0v) is 22.3. The number of rotatable bonds is 6. The number of fused-ring (bicyclic) bond motifs is 1. The van der Waals surface area contributed by atoms with Crippen molar-refractivity contribution in [3.05, 3.63) is 77.5 Å². The summed E-state index contributed by atoms with van der Waals surface area (Å²) in [5, 5.41) is 7.57. The number of ether oxygens (including phenoxy) is 1. The molecule has 0 bridgehead atoms. The van der Waals surface area contributed by atoms with E-state index in [0.717, 1.165) is 11.3 Å². The van der Waals surface area contributed by atoms with E-state index < -0.39 is 11.6 Å². The molecule has 2 aliphatic heterocycles. The summed E-state index contributed by atoms with van der Waals surface area (Å²) in [4.78, 5) is 22.8. The molecule has 0 spiro atoms. The highest BCUT2D eigenvalue weighted by molar-refractivity contribution is 5.73. The molecule has 3 aromatic heterocycles. The van der Waals surface area contributed by atoms with E-state index in [0.29, 0.717) is 49.6 Å². The minimum absolute atomic E-state index is 0.0103. The molecule has 3 N–H and O–H groups in total. The molecular formula is C29H31F2N7O2. The van der Waals surface area contributed by atoms with Crippen molar-refractivity contribution in [3.63, 3.8) is 0 Å². The van der Waals surface area contributed by atoms with Crippen molar-refractivity contribution < 1.29 is 18.3 Å². The van der Waals surface area contributed by atoms with Crippen molar-refractivity contribution in [3.8, 4) is 11.3 Å². The Morgan fingerprint density at radius 2 is 1.93 bits per heavy atom. The molecule has 40 heavy (non-hydrogen) atoms. The number of carbonyl (C=O) groups excluding carboxylic acids is 1. The van der Waals surface area contributed by atoms with Crippen LogP contribution < -0.4 is 16.0 Å². The molecule has 2 saturated heterocycles. The van der Waals surface area contributed by atoms with E-state index in [4.69, 9.17) is 10.5 Å². The Bertz CT molecular complexity index is 1540. The second-order valence-corrected chi connectivity index (χ2v) is 10.8. The fourth-order valence-electron chi connectivity index (χ4n) is 5.73. The van der Waals surface area contributed by atoms with E-state index in [9.17, 15) is 4.79 Å². The van der Waals surface area contributed by atoms with Crippen LogP contribution in [0.5, 0.6) is 0 Å². The fraction of sp³-hybridized carbons (Fsp3) is 0.379. The molecule has 6 rings (SSSR count). The van der Waals surface area contributed by atoms with Gasteiger partial charge in [-0.2, -0.15) is 5.10 Å². The molecule has 0 unspecified atom stereocenters. The Morgan fingerprint density at radius 3 is 2.60 bits per heavy atom. The highest BCUT2D eigenvalue weighted by Crippen LogP contribution is 2.32. The summed E-state index contributed by atoms with van der Waals surface area (Å²) >= 11 is 0. The topological polar surface area (TPSA) is 111 Å². The number of hydrogen-bond donors (Lipinski definition) is 2. The van der Waals surface area contributed by atoms with Gasteiger partial charge in [0.1, 0.15) is 17.5 Å². The first-order chi connectivity index (χ1) is 19.3. The molecule has 3 atom stereocenters. The van der Waals surface area contributed by atoms with Crippen molar-refractivity contribution in [1.82, 2.24) is 24.9 Å². The van der Waals surface area contributed by atoms with E-state index in [2.05, 4.69) is 32.2 Å². The number of benzene rings is 1. The summed E-state index contributed by atoms with van der Waals surface area (Å²) in [6.45, 7) is 5.79. The van der Waals surface area contributed by atoms with Crippen LogP contribution in [0.15, 0.2) is 48.9 Å². The molecule has 5 heterocycles. The summed E-state index contributed by atoms with van der Waals surface area (Å²) < 4.78 is 37.0. The summed E-state index contributed by atoms with van der Waals surface area (Å²) in [5.41, 5.74) is 9.68. The molecule has 11 heteroatoms. The molecule has 1 aromatic carbocycles. The van der Waals surface area contributed by atoms with Crippen LogP contribution in [-0.4, -0.2) is 63.9 Å². The predicted octanol–water partition coefficient (Wildman–Crippen LogP) is 3.06. The van der Waals surface area contributed by atoms with Gasteiger partial charge in [0.15, 0.2) is 0 Å². The van der Waals surface area contributed by atoms with Gasteiger partial charge in [-0.1, -0.05) is 6.92 Å². The van der Waals surface area contributed by atoms with E-state index in [-0.39, 0.29) is 41.1 Å². The first kappa shape index (κ1) is 26.3. The summed E-state index contributed by atoms with van der Waals surface area (Å²) in [6.07, 6.45) is 5.61. The quantitative estimate of drug-likeness (QED) is 0.382. The van der Waals surface area contributed by atoms with E-state index >= 15 is 8.78 Å². The first-order valence-corrected chi connectivity index (χ1v) is 13.4. The Labute approximate surface area is 230 Å². The molecule has 0 radical (unpaired) electrons. The number of piperidine rings is 1. The van der Waals surface area contributed by atoms with Gasteiger partial charge >= 0.3 is 0 Å². The highest BCUT2D eigenvalue weighted by Gasteiger charge is 2.34. The van der Waals surface area contributed by atoms with Gasteiger partial charge in [-0.3, -0.25) is 9.78 Å². The molecule has 2 fully saturated rings. The third-order valence-corrected chi connectivity index (χ3v) is 7.84. The first-order valence-electron chi connectivity index (χ1n) is 13.4. The van der Waals surface area contributed by atoms with Crippen LogP contribution in [0.3, 0.4) is 0 Å². The smallest absolute Gasteiger partial charge is 0.217 e. The van der Waals surface area contributed by atoms with Crippen LogP contribution in [0.1, 0.15) is 36.7 Å². The third kappa shape index (κ3) is 4.90. The number of pyridine rings is 1. The van der Waals surface area contributed by atoms with E-state index in [1.165, 1.54) is 19.1 Å². The molecule has 9 nitrogen and oxygen atoms in total. The Balaban J connectivity index is 1.29. The van der Waals surface area contributed by atoms with Gasteiger partial charge in [0, 0.05) is 68.1 Å². The van der Waals surface area contributed by atoms with Crippen molar-refractivity contribution in [1.29, 1.82) is 0 Å². The molecular weight excluding hydrogens is 516 g/mol. The van der Waals surface area contributed by atoms with Crippen LogP contribution in [0, 0.1) is 17.6 Å². The van der Waals surface area contributed by atoms with Crippen molar-refractivity contribution >= 4 is 17.1 Å². The van der Waals surface area contributed by atoms with Gasteiger partial charge in [0.2, 0.25) is 5.91 Å². The summed E-state index contributed by atoms with van der Waals surface area (Å²) in [5.74, 6) is -0.641.